The number of rotatable bonds is 11. The molecule has 4 rings (SSSR count). The van der Waals surface area contributed by atoms with Crippen molar-refractivity contribution in [3.63, 3.8) is 0 Å². The van der Waals surface area contributed by atoms with E-state index in [4.69, 9.17) is 23.7 Å². The van der Waals surface area contributed by atoms with Crippen LogP contribution < -0.4 is 0 Å². The van der Waals surface area contributed by atoms with Gasteiger partial charge in [-0.25, -0.2) is 0 Å². The summed E-state index contributed by atoms with van der Waals surface area (Å²) in [5.41, 5.74) is 2.93. The molecule has 1 saturated heterocycles. The standard InChI is InChI=1S/C29H32O7/c1-21(30)35-28-27(34-19-24-15-9-4-10-16-24)26(33-18-23-13-7-3-8-14-23)25(36-29(28)31)20-32-17-22-11-5-2-6-12-22/h2-16,25-29,31H,17-20H2,1H3/t25-,26+,27+,28-,29?/m1/s1. The Morgan fingerprint density at radius 2 is 1.19 bits per heavy atom. The summed E-state index contributed by atoms with van der Waals surface area (Å²) in [5, 5.41) is 10.8. The number of aliphatic hydroxyl groups is 1. The first-order valence-corrected chi connectivity index (χ1v) is 12.0. The second-order valence-electron chi connectivity index (χ2n) is 8.66. The molecule has 3 aromatic carbocycles. The minimum Gasteiger partial charge on any atom is -0.454 e. The molecular formula is C29H32O7. The van der Waals surface area contributed by atoms with Crippen LogP contribution in [0.3, 0.4) is 0 Å². The first kappa shape index (κ1) is 26.0. The van der Waals surface area contributed by atoms with Crippen LogP contribution in [0.25, 0.3) is 0 Å². The maximum atomic E-state index is 11.9. The van der Waals surface area contributed by atoms with Crippen molar-refractivity contribution in [2.24, 2.45) is 0 Å². The minimum absolute atomic E-state index is 0.156. The third-order valence-electron chi connectivity index (χ3n) is 5.88. The van der Waals surface area contributed by atoms with Gasteiger partial charge in [0.2, 0.25) is 0 Å². The average molecular weight is 493 g/mol. The van der Waals surface area contributed by atoms with Crippen molar-refractivity contribution in [2.45, 2.75) is 57.5 Å². The number of ether oxygens (including phenoxy) is 5. The number of carbonyl (C=O) groups is 1. The van der Waals surface area contributed by atoms with E-state index >= 15 is 0 Å². The van der Waals surface area contributed by atoms with Crippen molar-refractivity contribution in [1.82, 2.24) is 0 Å². The molecule has 1 heterocycles. The molecule has 0 aromatic heterocycles. The maximum Gasteiger partial charge on any atom is 0.303 e. The number of carbonyl (C=O) groups excluding carboxylic acids is 1. The second-order valence-corrected chi connectivity index (χ2v) is 8.66. The summed E-state index contributed by atoms with van der Waals surface area (Å²) in [6.45, 7) is 2.36. The van der Waals surface area contributed by atoms with E-state index in [1.165, 1.54) is 6.92 Å². The van der Waals surface area contributed by atoms with Crippen molar-refractivity contribution in [1.29, 1.82) is 0 Å². The lowest BCUT2D eigenvalue weighted by Crippen LogP contribution is -2.61. The van der Waals surface area contributed by atoms with Gasteiger partial charge in [0.15, 0.2) is 12.4 Å². The third-order valence-corrected chi connectivity index (χ3v) is 5.88. The van der Waals surface area contributed by atoms with Crippen LogP contribution in [-0.2, 0) is 48.3 Å². The Hall–Kier alpha value is -3.07. The van der Waals surface area contributed by atoms with Gasteiger partial charge in [-0.15, -0.1) is 0 Å². The Morgan fingerprint density at radius 3 is 1.69 bits per heavy atom. The largest absolute Gasteiger partial charge is 0.454 e. The summed E-state index contributed by atoms with van der Waals surface area (Å²) >= 11 is 0. The van der Waals surface area contributed by atoms with Crippen LogP contribution in [0, 0.1) is 0 Å². The van der Waals surface area contributed by atoms with Crippen molar-refractivity contribution >= 4 is 5.97 Å². The van der Waals surface area contributed by atoms with Crippen molar-refractivity contribution in [2.75, 3.05) is 6.61 Å². The molecule has 36 heavy (non-hydrogen) atoms. The van der Waals surface area contributed by atoms with Crippen molar-refractivity contribution < 1.29 is 33.6 Å². The van der Waals surface area contributed by atoms with Crippen LogP contribution in [0.1, 0.15) is 23.6 Å². The van der Waals surface area contributed by atoms with E-state index in [9.17, 15) is 9.90 Å². The lowest BCUT2D eigenvalue weighted by Gasteiger charge is -2.44. The second kappa shape index (κ2) is 13.3. The van der Waals surface area contributed by atoms with Crippen LogP contribution in [0.4, 0.5) is 0 Å². The van der Waals surface area contributed by atoms with E-state index in [-0.39, 0.29) is 19.8 Å². The first-order valence-electron chi connectivity index (χ1n) is 12.0. The Morgan fingerprint density at radius 1 is 0.722 bits per heavy atom. The molecule has 0 spiro atoms. The smallest absolute Gasteiger partial charge is 0.303 e. The van der Waals surface area contributed by atoms with Gasteiger partial charge in [-0.3, -0.25) is 4.79 Å². The molecule has 0 saturated carbocycles. The highest BCUT2D eigenvalue weighted by atomic mass is 16.7. The van der Waals surface area contributed by atoms with Crippen LogP contribution in [0.15, 0.2) is 91.0 Å². The van der Waals surface area contributed by atoms with Crippen LogP contribution in [0.5, 0.6) is 0 Å². The van der Waals surface area contributed by atoms with E-state index in [1.54, 1.807) is 0 Å². The zero-order chi connectivity index (χ0) is 25.2. The van der Waals surface area contributed by atoms with Gasteiger partial charge < -0.3 is 28.8 Å². The van der Waals surface area contributed by atoms with Gasteiger partial charge >= 0.3 is 5.97 Å². The normalized spacial score (nSPS) is 23.8. The Balaban J connectivity index is 1.53. The predicted octanol–water partition coefficient (Wildman–Crippen LogP) is 4.02. The number of hydrogen-bond donors (Lipinski definition) is 1. The first-order chi connectivity index (χ1) is 17.6. The molecule has 5 atom stereocenters. The summed E-state index contributed by atoms with van der Waals surface area (Å²) in [4.78, 5) is 11.9. The van der Waals surface area contributed by atoms with E-state index in [0.717, 1.165) is 16.7 Å². The van der Waals surface area contributed by atoms with Crippen LogP contribution in [0.2, 0.25) is 0 Å². The van der Waals surface area contributed by atoms with Crippen molar-refractivity contribution in [3.8, 4) is 0 Å². The molecule has 1 aliphatic rings. The number of aliphatic hydroxyl groups excluding tert-OH is 1. The van der Waals surface area contributed by atoms with Crippen LogP contribution in [-0.4, -0.2) is 48.4 Å². The fourth-order valence-electron chi connectivity index (χ4n) is 4.14. The van der Waals surface area contributed by atoms with Gasteiger partial charge in [-0.1, -0.05) is 91.0 Å². The zero-order valence-electron chi connectivity index (χ0n) is 20.3. The highest BCUT2D eigenvalue weighted by molar-refractivity contribution is 5.66. The number of benzene rings is 3. The summed E-state index contributed by atoms with van der Waals surface area (Å²) in [6, 6.07) is 29.2. The molecule has 7 nitrogen and oxygen atoms in total. The molecular weight excluding hydrogens is 460 g/mol. The zero-order valence-corrected chi connectivity index (χ0v) is 20.3. The molecule has 1 unspecified atom stereocenters. The highest BCUT2D eigenvalue weighted by Crippen LogP contribution is 2.29. The van der Waals surface area contributed by atoms with E-state index < -0.39 is 36.7 Å². The topological polar surface area (TPSA) is 83.5 Å². The SMILES string of the molecule is CC(=O)O[C@H]1C(O)O[C@H](COCc2ccccc2)[C@H](OCc2ccccc2)[C@@H]1OCc1ccccc1. The summed E-state index contributed by atoms with van der Waals surface area (Å²) < 4.78 is 29.8. The summed E-state index contributed by atoms with van der Waals surface area (Å²) in [5.74, 6) is -0.545. The Bertz CT molecular complexity index is 1040. The minimum atomic E-state index is -1.39. The summed E-state index contributed by atoms with van der Waals surface area (Å²) in [7, 11) is 0. The molecule has 1 aliphatic heterocycles. The van der Waals surface area contributed by atoms with Gasteiger partial charge in [-0.2, -0.15) is 0 Å². The molecule has 0 bridgehead atoms. The molecule has 3 aromatic rings. The van der Waals surface area contributed by atoms with Crippen LogP contribution >= 0.6 is 0 Å². The van der Waals surface area contributed by atoms with Gasteiger partial charge in [0.1, 0.15) is 18.3 Å². The molecule has 0 radical (unpaired) electrons. The fraction of sp³-hybridized carbons (Fsp3) is 0.345. The molecule has 1 N–H and O–H groups in total. The maximum absolute atomic E-state index is 11.9. The van der Waals surface area contributed by atoms with Gasteiger partial charge in [-0.05, 0) is 16.7 Å². The monoisotopic (exact) mass is 492 g/mol. The fourth-order valence-corrected chi connectivity index (χ4v) is 4.14. The van der Waals surface area contributed by atoms with E-state index in [0.29, 0.717) is 6.61 Å². The lowest BCUT2D eigenvalue weighted by atomic mass is 9.98. The summed E-state index contributed by atoms with van der Waals surface area (Å²) in [6.07, 6.45) is -4.56. The van der Waals surface area contributed by atoms with Gasteiger partial charge in [0, 0.05) is 6.92 Å². The van der Waals surface area contributed by atoms with E-state index in [1.807, 2.05) is 91.0 Å². The molecule has 1 fully saturated rings. The molecule has 190 valence electrons. The Kier molecular flexibility index (Phi) is 9.61. The lowest BCUT2D eigenvalue weighted by molar-refractivity contribution is -0.309. The molecule has 0 aliphatic carbocycles. The highest BCUT2D eigenvalue weighted by Gasteiger charge is 2.49. The average Bonchev–Trinajstić information content (AvgIpc) is 2.90. The van der Waals surface area contributed by atoms with Gasteiger partial charge in [0.25, 0.3) is 0 Å². The van der Waals surface area contributed by atoms with Crippen molar-refractivity contribution in [3.05, 3.63) is 108 Å². The number of esters is 1. The Labute approximate surface area is 211 Å². The third kappa shape index (κ3) is 7.46. The number of hydrogen-bond acceptors (Lipinski definition) is 7. The quantitative estimate of drug-likeness (QED) is 0.405. The predicted molar refractivity (Wildman–Crippen MR) is 133 cm³/mol. The molecule has 7 heteroatoms. The van der Waals surface area contributed by atoms with E-state index in [2.05, 4.69) is 0 Å². The molecule has 0 amide bonds. The van der Waals surface area contributed by atoms with Gasteiger partial charge in [0.05, 0.1) is 26.4 Å².